The molecule has 2 N–H and O–H groups in total. The summed E-state index contributed by atoms with van der Waals surface area (Å²) in [5.41, 5.74) is 2.80. The normalized spacial score (nSPS) is 11.8. The summed E-state index contributed by atoms with van der Waals surface area (Å²) in [5, 5.41) is 14.5. The van der Waals surface area contributed by atoms with Crippen LogP contribution in [0.4, 0.5) is 10.1 Å². The van der Waals surface area contributed by atoms with Crippen LogP contribution in [0.2, 0.25) is 0 Å². The Morgan fingerprint density at radius 2 is 1.94 bits per heavy atom. The lowest BCUT2D eigenvalue weighted by Gasteiger charge is -2.14. The van der Waals surface area contributed by atoms with Crippen molar-refractivity contribution in [2.24, 2.45) is 7.05 Å². The molecule has 0 saturated heterocycles. The molecule has 2 aromatic carbocycles. The second-order valence-electron chi connectivity index (χ2n) is 7.26. The second kappa shape index (κ2) is 9.74. The van der Waals surface area contributed by atoms with Gasteiger partial charge in [-0.1, -0.05) is 35.5 Å². The Balaban J connectivity index is 1.59. The Morgan fingerprint density at radius 1 is 1.16 bits per heavy atom. The number of nitrogens with one attached hydrogen (secondary N) is 2. The molecule has 31 heavy (non-hydrogen) atoms. The molecule has 0 spiro atoms. The summed E-state index contributed by atoms with van der Waals surface area (Å²) in [6, 6.07) is 11.2. The lowest BCUT2D eigenvalue weighted by molar-refractivity contribution is -0.113. The number of carbonyl (C=O) groups excluding carboxylic acids is 2. The van der Waals surface area contributed by atoms with Gasteiger partial charge in [-0.25, -0.2) is 4.39 Å². The number of halogens is 1. The third kappa shape index (κ3) is 5.69. The summed E-state index contributed by atoms with van der Waals surface area (Å²) in [6.07, 6.45) is 0. The molecule has 0 aliphatic carbocycles. The van der Waals surface area contributed by atoms with Crippen LogP contribution >= 0.6 is 11.8 Å². The number of aromatic nitrogens is 3. The van der Waals surface area contributed by atoms with Crippen LogP contribution in [0.5, 0.6) is 0 Å². The van der Waals surface area contributed by atoms with E-state index in [9.17, 15) is 14.0 Å². The maximum Gasteiger partial charge on any atom is 0.251 e. The molecule has 0 radical (unpaired) electrons. The van der Waals surface area contributed by atoms with E-state index in [0.717, 1.165) is 11.1 Å². The quantitative estimate of drug-likeness (QED) is 0.545. The van der Waals surface area contributed by atoms with Gasteiger partial charge in [0.25, 0.3) is 5.91 Å². The van der Waals surface area contributed by atoms with Crippen LogP contribution < -0.4 is 10.6 Å². The molecule has 3 rings (SSSR count). The first kappa shape index (κ1) is 22.5. The maximum absolute atomic E-state index is 13.4. The third-order valence-corrected chi connectivity index (χ3v) is 5.71. The molecule has 0 unspecified atom stereocenters. The monoisotopic (exact) mass is 441 g/mol. The Bertz CT molecular complexity index is 1120. The highest BCUT2D eigenvalue weighted by Gasteiger charge is 2.19. The van der Waals surface area contributed by atoms with Crippen LogP contribution in [-0.4, -0.2) is 32.3 Å². The number of thioether (sulfide) groups is 1. The van der Waals surface area contributed by atoms with Crippen LogP contribution in [0, 0.1) is 19.7 Å². The van der Waals surface area contributed by atoms with Crippen molar-refractivity contribution < 1.29 is 14.0 Å². The Morgan fingerprint density at radius 3 is 2.68 bits per heavy atom. The van der Waals surface area contributed by atoms with E-state index in [-0.39, 0.29) is 23.6 Å². The molecule has 0 bridgehead atoms. The van der Waals surface area contributed by atoms with Gasteiger partial charge in [0.1, 0.15) is 5.82 Å². The van der Waals surface area contributed by atoms with E-state index in [0.29, 0.717) is 22.2 Å². The molecule has 0 aliphatic rings. The molecule has 1 aromatic heterocycles. The molecular formula is C22H24FN5O2S. The van der Waals surface area contributed by atoms with Crippen molar-refractivity contribution in [2.75, 3.05) is 11.1 Å². The van der Waals surface area contributed by atoms with Crippen molar-refractivity contribution >= 4 is 29.3 Å². The number of aryl methyl sites for hydroxylation is 2. The summed E-state index contributed by atoms with van der Waals surface area (Å²) < 4.78 is 15.1. The molecule has 162 valence electrons. The van der Waals surface area contributed by atoms with Gasteiger partial charge in [-0.05, 0) is 50.6 Å². The van der Waals surface area contributed by atoms with E-state index in [2.05, 4.69) is 20.8 Å². The van der Waals surface area contributed by atoms with Gasteiger partial charge < -0.3 is 15.2 Å². The summed E-state index contributed by atoms with van der Waals surface area (Å²) >= 11 is 1.21. The zero-order valence-corrected chi connectivity index (χ0v) is 18.6. The van der Waals surface area contributed by atoms with Gasteiger partial charge in [0.15, 0.2) is 11.0 Å². The first-order valence-electron chi connectivity index (χ1n) is 9.70. The van der Waals surface area contributed by atoms with E-state index < -0.39 is 5.82 Å². The predicted molar refractivity (Wildman–Crippen MR) is 119 cm³/mol. The van der Waals surface area contributed by atoms with Crippen LogP contribution in [-0.2, 0) is 11.8 Å². The molecule has 0 saturated carbocycles. The smallest absolute Gasteiger partial charge is 0.251 e. The van der Waals surface area contributed by atoms with E-state index in [1.807, 2.05) is 32.0 Å². The largest absolute Gasteiger partial charge is 0.342 e. The number of amides is 2. The van der Waals surface area contributed by atoms with Crippen molar-refractivity contribution in [2.45, 2.75) is 32.0 Å². The molecule has 0 fully saturated rings. The van der Waals surface area contributed by atoms with E-state index in [1.54, 1.807) is 30.7 Å². The molecule has 3 aromatic rings. The molecule has 1 heterocycles. The number of anilines is 1. The number of benzene rings is 2. The minimum Gasteiger partial charge on any atom is -0.342 e. The predicted octanol–water partition coefficient (Wildman–Crippen LogP) is 3.79. The SMILES string of the molecule is Cc1cccc(C(=O)N[C@H](C)c2nnc(SCC(=O)Nc3cc(F)ccc3C)n2C)c1. The first-order valence-corrected chi connectivity index (χ1v) is 10.7. The van der Waals surface area contributed by atoms with Gasteiger partial charge in [-0.2, -0.15) is 0 Å². The van der Waals surface area contributed by atoms with Gasteiger partial charge in [0, 0.05) is 18.3 Å². The van der Waals surface area contributed by atoms with Gasteiger partial charge in [0.2, 0.25) is 5.91 Å². The summed E-state index contributed by atoms with van der Waals surface area (Å²) in [5.74, 6) is -0.216. The van der Waals surface area contributed by atoms with Crippen LogP contribution in [0.1, 0.15) is 40.3 Å². The molecule has 1 atom stereocenters. The molecular weight excluding hydrogens is 417 g/mol. The van der Waals surface area contributed by atoms with Gasteiger partial charge in [-0.3, -0.25) is 9.59 Å². The second-order valence-corrected chi connectivity index (χ2v) is 8.20. The average molecular weight is 442 g/mol. The highest BCUT2D eigenvalue weighted by atomic mass is 32.2. The Labute approximate surface area is 184 Å². The van der Waals surface area contributed by atoms with Crippen LogP contribution in [0.25, 0.3) is 0 Å². The number of nitrogens with zero attached hydrogens (tertiary/aromatic N) is 3. The third-order valence-electron chi connectivity index (χ3n) is 4.69. The topological polar surface area (TPSA) is 88.9 Å². The lowest BCUT2D eigenvalue weighted by atomic mass is 10.1. The zero-order chi connectivity index (χ0) is 22.5. The minimum atomic E-state index is -0.409. The number of hydrogen-bond donors (Lipinski definition) is 2. The van der Waals surface area contributed by atoms with Gasteiger partial charge in [0.05, 0.1) is 11.8 Å². The van der Waals surface area contributed by atoms with Crippen molar-refractivity contribution in [3.8, 4) is 0 Å². The summed E-state index contributed by atoms with van der Waals surface area (Å²) in [6.45, 7) is 5.55. The standard InChI is InChI=1S/C22H24FN5O2S/c1-13-6-5-7-16(10-13)21(30)24-15(3)20-26-27-22(28(20)4)31-12-19(29)25-18-11-17(23)9-8-14(18)2/h5-11,15H,12H2,1-4H3,(H,24,30)(H,25,29)/t15-/m1/s1. The van der Waals surface area contributed by atoms with E-state index in [4.69, 9.17) is 0 Å². The highest BCUT2D eigenvalue weighted by molar-refractivity contribution is 7.99. The summed E-state index contributed by atoms with van der Waals surface area (Å²) in [4.78, 5) is 24.7. The van der Waals surface area contributed by atoms with Crippen molar-refractivity contribution in [3.63, 3.8) is 0 Å². The number of hydrogen-bond acceptors (Lipinski definition) is 5. The minimum absolute atomic E-state index is 0.0892. The fourth-order valence-electron chi connectivity index (χ4n) is 3.01. The van der Waals surface area contributed by atoms with Crippen LogP contribution in [0.3, 0.4) is 0 Å². The van der Waals surface area contributed by atoms with Crippen molar-refractivity contribution in [3.05, 3.63) is 70.8 Å². The fraction of sp³-hybridized carbons (Fsp3) is 0.273. The number of carbonyl (C=O) groups is 2. The van der Waals surface area contributed by atoms with Crippen LogP contribution in [0.15, 0.2) is 47.6 Å². The van der Waals surface area contributed by atoms with Gasteiger partial charge >= 0.3 is 0 Å². The molecule has 2 amide bonds. The Kier molecular flexibility index (Phi) is 7.06. The Hall–Kier alpha value is -3.20. The van der Waals surface area contributed by atoms with Crippen molar-refractivity contribution in [1.29, 1.82) is 0 Å². The number of rotatable bonds is 7. The van der Waals surface area contributed by atoms with Gasteiger partial charge in [-0.15, -0.1) is 10.2 Å². The maximum atomic E-state index is 13.4. The molecule has 0 aliphatic heterocycles. The lowest BCUT2D eigenvalue weighted by Crippen LogP contribution is -2.28. The van der Waals surface area contributed by atoms with E-state index in [1.165, 1.54) is 23.9 Å². The fourth-order valence-corrected chi connectivity index (χ4v) is 3.72. The first-order chi connectivity index (χ1) is 14.7. The zero-order valence-electron chi connectivity index (χ0n) is 17.8. The summed E-state index contributed by atoms with van der Waals surface area (Å²) in [7, 11) is 1.78. The van der Waals surface area contributed by atoms with E-state index >= 15 is 0 Å². The highest BCUT2D eigenvalue weighted by Crippen LogP contribution is 2.21. The molecule has 9 heteroatoms. The molecule has 7 nitrogen and oxygen atoms in total. The average Bonchev–Trinajstić information content (AvgIpc) is 3.09. The van der Waals surface area contributed by atoms with Crippen molar-refractivity contribution in [1.82, 2.24) is 20.1 Å².